The molecule has 0 bridgehead atoms. The lowest BCUT2D eigenvalue weighted by Crippen LogP contribution is -2.30. The van der Waals surface area contributed by atoms with Crippen LogP contribution in [0.5, 0.6) is 0 Å². The van der Waals surface area contributed by atoms with E-state index in [0.29, 0.717) is 17.6 Å². The van der Waals surface area contributed by atoms with Gasteiger partial charge in [-0.1, -0.05) is 24.3 Å². The Morgan fingerprint density at radius 1 is 1.04 bits per heavy atom. The SMILES string of the molecule is CN(CCn1ccc2ccccc21)C(=O)c1cccc2nccnc12. The van der Waals surface area contributed by atoms with Gasteiger partial charge in [0, 0.05) is 44.2 Å². The molecule has 5 nitrogen and oxygen atoms in total. The van der Waals surface area contributed by atoms with Crippen molar-refractivity contribution in [2.24, 2.45) is 0 Å². The number of carbonyl (C=O) groups is 1. The molecular weight excluding hydrogens is 312 g/mol. The van der Waals surface area contributed by atoms with Crippen molar-refractivity contribution < 1.29 is 4.79 Å². The van der Waals surface area contributed by atoms with Crippen LogP contribution in [0.2, 0.25) is 0 Å². The van der Waals surface area contributed by atoms with E-state index in [1.165, 1.54) is 10.9 Å². The summed E-state index contributed by atoms with van der Waals surface area (Å²) in [6.45, 7) is 1.36. The largest absolute Gasteiger partial charge is 0.346 e. The van der Waals surface area contributed by atoms with Crippen molar-refractivity contribution in [1.29, 1.82) is 0 Å². The van der Waals surface area contributed by atoms with Gasteiger partial charge in [-0.25, -0.2) is 0 Å². The molecule has 0 aliphatic carbocycles. The molecule has 5 heteroatoms. The maximum atomic E-state index is 12.8. The fraction of sp³-hybridized carbons (Fsp3) is 0.150. The van der Waals surface area contributed by atoms with Gasteiger partial charge in [-0.05, 0) is 29.7 Å². The number of carbonyl (C=O) groups excluding carboxylic acids is 1. The maximum absolute atomic E-state index is 12.8. The summed E-state index contributed by atoms with van der Waals surface area (Å²) in [6, 6.07) is 15.9. The average molecular weight is 330 g/mol. The van der Waals surface area contributed by atoms with E-state index in [1.54, 1.807) is 23.4 Å². The van der Waals surface area contributed by atoms with E-state index in [0.717, 1.165) is 12.1 Å². The summed E-state index contributed by atoms with van der Waals surface area (Å²) >= 11 is 0. The molecule has 0 aliphatic heterocycles. The van der Waals surface area contributed by atoms with Gasteiger partial charge in [-0.2, -0.15) is 0 Å². The lowest BCUT2D eigenvalue weighted by Gasteiger charge is -2.18. The number of aromatic nitrogens is 3. The summed E-state index contributed by atoms with van der Waals surface area (Å²) in [4.78, 5) is 23.2. The Morgan fingerprint density at radius 3 is 2.80 bits per heavy atom. The van der Waals surface area contributed by atoms with Crippen molar-refractivity contribution >= 4 is 27.8 Å². The molecule has 2 heterocycles. The first-order valence-electron chi connectivity index (χ1n) is 8.23. The molecule has 1 amide bonds. The number of benzene rings is 2. The van der Waals surface area contributed by atoms with Crippen molar-refractivity contribution in [3.8, 4) is 0 Å². The zero-order valence-corrected chi connectivity index (χ0v) is 14.0. The molecule has 4 rings (SSSR count). The van der Waals surface area contributed by atoms with E-state index in [4.69, 9.17) is 0 Å². The van der Waals surface area contributed by atoms with Gasteiger partial charge in [-0.15, -0.1) is 0 Å². The predicted molar refractivity (Wildman–Crippen MR) is 98.4 cm³/mol. The van der Waals surface area contributed by atoms with E-state index < -0.39 is 0 Å². The molecule has 0 N–H and O–H groups in total. The Labute approximate surface area is 145 Å². The van der Waals surface area contributed by atoms with Gasteiger partial charge in [0.1, 0.15) is 5.52 Å². The second-order valence-electron chi connectivity index (χ2n) is 6.02. The minimum Gasteiger partial charge on any atom is -0.346 e. The van der Waals surface area contributed by atoms with Gasteiger partial charge in [0.15, 0.2) is 0 Å². The number of rotatable bonds is 4. The highest BCUT2D eigenvalue weighted by atomic mass is 16.2. The van der Waals surface area contributed by atoms with E-state index in [9.17, 15) is 4.79 Å². The number of para-hydroxylation sites is 2. The third kappa shape index (κ3) is 2.85. The third-order valence-corrected chi connectivity index (χ3v) is 4.43. The van der Waals surface area contributed by atoms with Gasteiger partial charge in [0.05, 0.1) is 11.1 Å². The summed E-state index contributed by atoms with van der Waals surface area (Å²) in [5.41, 5.74) is 3.15. The second kappa shape index (κ2) is 6.36. The minimum absolute atomic E-state index is 0.0393. The number of hydrogen-bond donors (Lipinski definition) is 0. The summed E-state index contributed by atoms with van der Waals surface area (Å²) < 4.78 is 2.17. The highest BCUT2D eigenvalue weighted by molar-refractivity contribution is 6.04. The van der Waals surface area contributed by atoms with Crippen molar-refractivity contribution in [3.63, 3.8) is 0 Å². The summed E-state index contributed by atoms with van der Waals surface area (Å²) in [6.07, 6.45) is 5.31. The molecule has 0 radical (unpaired) electrons. The Morgan fingerprint density at radius 2 is 1.88 bits per heavy atom. The number of likely N-dealkylation sites (N-methyl/N-ethyl adjacent to an activating group) is 1. The van der Waals surface area contributed by atoms with Gasteiger partial charge in [-0.3, -0.25) is 14.8 Å². The van der Waals surface area contributed by atoms with Crippen LogP contribution < -0.4 is 0 Å². The first kappa shape index (κ1) is 15.3. The Hall–Kier alpha value is -3.21. The number of hydrogen-bond acceptors (Lipinski definition) is 3. The fourth-order valence-corrected chi connectivity index (χ4v) is 3.07. The standard InChI is InChI=1S/C20H18N4O/c1-23(13-14-24-12-9-15-5-2-3-8-18(15)24)20(25)16-6-4-7-17-19(16)22-11-10-21-17/h2-12H,13-14H2,1H3. The molecule has 0 saturated heterocycles. The molecule has 0 saturated carbocycles. The van der Waals surface area contributed by atoms with Crippen LogP contribution in [0.25, 0.3) is 21.9 Å². The quantitative estimate of drug-likeness (QED) is 0.576. The molecule has 0 unspecified atom stereocenters. The van der Waals surface area contributed by atoms with Gasteiger partial charge in [0.25, 0.3) is 5.91 Å². The zero-order valence-electron chi connectivity index (χ0n) is 14.0. The van der Waals surface area contributed by atoms with Crippen molar-refractivity contribution in [2.45, 2.75) is 6.54 Å². The zero-order chi connectivity index (χ0) is 17.2. The molecule has 2 aromatic carbocycles. The van der Waals surface area contributed by atoms with Crippen LogP contribution >= 0.6 is 0 Å². The van der Waals surface area contributed by atoms with Crippen molar-refractivity contribution in [2.75, 3.05) is 13.6 Å². The summed E-state index contributed by atoms with van der Waals surface area (Å²) in [5.74, 6) is -0.0393. The minimum atomic E-state index is -0.0393. The lowest BCUT2D eigenvalue weighted by molar-refractivity contribution is 0.0792. The Bertz CT molecular complexity index is 1050. The topological polar surface area (TPSA) is 51.0 Å². The molecule has 0 fully saturated rings. The third-order valence-electron chi connectivity index (χ3n) is 4.43. The van der Waals surface area contributed by atoms with E-state index >= 15 is 0 Å². The smallest absolute Gasteiger partial charge is 0.255 e. The first-order chi connectivity index (χ1) is 12.2. The second-order valence-corrected chi connectivity index (χ2v) is 6.02. The highest BCUT2D eigenvalue weighted by Gasteiger charge is 2.16. The highest BCUT2D eigenvalue weighted by Crippen LogP contribution is 2.17. The van der Waals surface area contributed by atoms with Crippen LogP contribution in [-0.2, 0) is 6.54 Å². The van der Waals surface area contributed by atoms with Crippen molar-refractivity contribution in [1.82, 2.24) is 19.4 Å². The maximum Gasteiger partial charge on any atom is 0.255 e. The van der Waals surface area contributed by atoms with E-state index in [2.05, 4.69) is 38.9 Å². The monoisotopic (exact) mass is 330 g/mol. The first-order valence-corrected chi connectivity index (χ1v) is 8.23. The molecule has 124 valence electrons. The van der Waals surface area contributed by atoms with Crippen LogP contribution in [0.3, 0.4) is 0 Å². The van der Waals surface area contributed by atoms with E-state index in [-0.39, 0.29) is 5.91 Å². The number of amides is 1. The van der Waals surface area contributed by atoms with Crippen LogP contribution in [-0.4, -0.2) is 38.9 Å². The number of nitrogens with zero attached hydrogens (tertiary/aromatic N) is 4. The molecule has 0 spiro atoms. The Kier molecular flexibility index (Phi) is 3.90. The molecular formula is C20H18N4O. The predicted octanol–water partition coefficient (Wildman–Crippen LogP) is 3.36. The van der Waals surface area contributed by atoms with Crippen LogP contribution in [0, 0.1) is 0 Å². The van der Waals surface area contributed by atoms with Gasteiger partial charge in [0.2, 0.25) is 0 Å². The number of fused-ring (bicyclic) bond motifs is 2. The summed E-state index contributed by atoms with van der Waals surface area (Å²) in [7, 11) is 1.82. The molecule has 2 aromatic heterocycles. The van der Waals surface area contributed by atoms with E-state index in [1.807, 2.05) is 31.3 Å². The van der Waals surface area contributed by atoms with Gasteiger partial charge < -0.3 is 9.47 Å². The fourth-order valence-electron chi connectivity index (χ4n) is 3.07. The van der Waals surface area contributed by atoms with Gasteiger partial charge >= 0.3 is 0 Å². The van der Waals surface area contributed by atoms with Crippen LogP contribution in [0.4, 0.5) is 0 Å². The molecule has 4 aromatic rings. The van der Waals surface area contributed by atoms with Crippen molar-refractivity contribution in [3.05, 3.63) is 72.7 Å². The molecule has 0 atom stereocenters. The van der Waals surface area contributed by atoms with Crippen LogP contribution in [0.1, 0.15) is 10.4 Å². The van der Waals surface area contributed by atoms with Crippen LogP contribution in [0.15, 0.2) is 67.1 Å². The molecule has 0 aliphatic rings. The Balaban J connectivity index is 1.54. The molecule has 25 heavy (non-hydrogen) atoms. The average Bonchev–Trinajstić information content (AvgIpc) is 3.08. The normalized spacial score (nSPS) is 11.1. The lowest BCUT2D eigenvalue weighted by atomic mass is 10.1. The summed E-state index contributed by atoms with van der Waals surface area (Å²) in [5, 5.41) is 1.21.